The van der Waals surface area contributed by atoms with Gasteiger partial charge in [-0.05, 0) is 56.0 Å². The summed E-state index contributed by atoms with van der Waals surface area (Å²) >= 11 is 0. The molecule has 0 radical (unpaired) electrons. The van der Waals surface area contributed by atoms with Crippen LogP contribution in [0.15, 0.2) is 36.5 Å². The molecule has 2 aromatic rings. The Labute approximate surface area is 177 Å². The molecular weight excluding hydrogens is 390 g/mol. The van der Waals surface area contributed by atoms with E-state index in [0.717, 1.165) is 56.6 Å². The van der Waals surface area contributed by atoms with Crippen molar-refractivity contribution >= 4 is 29.9 Å². The highest BCUT2D eigenvalue weighted by Crippen LogP contribution is 2.19. The number of hydrogen-bond acceptors (Lipinski definition) is 4. The van der Waals surface area contributed by atoms with Crippen LogP contribution in [0.2, 0.25) is 0 Å². The average Bonchev–Trinajstić information content (AvgIpc) is 3.21. The van der Waals surface area contributed by atoms with Gasteiger partial charge in [-0.15, -0.1) is 12.4 Å². The lowest BCUT2D eigenvalue weighted by atomic mass is 10.1. The summed E-state index contributed by atoms with van der Waals surface area (Å²) < 4.78 is 1.89. The quantitative estimate of drug-likeness (QED) is 0.783. The molecule has 2 aliphatic rings. The molecule has 2 fully saturated rings. The molecule has 0 spiro atoms. The van der Waals surface area contributed by atoms with Gasteiger partial charge in [0.05, 0.1) is 6.04 Å². The number of rotatable bonds is 5. The van der Waals surface area contributed by atoms with Crippen molar-refractivity contribution in [3.8, 4) is 0 Å². The molecule has 2 N–H and O–H groups in total. The normalized spacial score (nSPS) is 19.5. The predicted molar refractivity (Wildman–Crippen MR) is 114 cm³/mol. The number of carbonyl (C=O) groups is 2. The van der Waals surface area contributed by atoms with Crippen molar-refractivity contribution in [3.05, 3.63) is 47.8 Å². The van der Waals surface area contributed by atoms with Gasteiger partial charge in [-0.2, -0.15) is 5.10 Å². The SMILES string of the molecule is Cl.O=C(Nc1cccc(CN2CCCCC2=O)c1)c1ccn(C2CCCNC2)n1. The Morgan fingerprint density at radius 2 is 2.14 bits per heavy atom. The lowest BCUT2D eigenvalue weighted by molar-refractivity contribution is -0.133. The molecule has 1 aromatic carbocycles. The fourth-order valence-corrected chi connectivity index (χ4v) is 3.91. The van der Waals surface area contributed by atoms with Crippen LogP contribution in [0.3, 0.4) is 0 Å². The summed E-state index contributed by atoms with van der Waals surface area (Å²) in [6.07, 6.45) is 6.75. The third-order valence-corrected chi connectivity index (χ3v) is 5.47. The Morgan fingerprint density at radius 1 is 1.24 bits per heavy atom. The van der Waals surface area contributed by atoms with Crippen molar-refractivity contribution in [3.63, 3.8) is 0 Å². The van der Waals surface area contributed by atoms with E-state index in [9.17, 15) is 9.59 Å². The van der Waals surface area contributed by atoms with Gasteiger partial charge in [0.1, 0.15) is 0 Å². The number of aromatic nitrogens is 2. The van der Waals surface area contributed by atoms with Gasteiger partial charge in [-0.1, -0.05) is 12.1 Å². The van der Waals surface area contributed by atoms with Crippen molar-refractivity contribution in [2.75, 3.05) is 25.0 Å². The zero-order valence-corrected chi connectivity index (χ0v) is 17.3. The first-order valence-corrected chi connectivity index (χ1v) is 10.1. The third kappa shape index (κ3) is 5.36. The molecule has 156 valence electrons. The van der Waals surface area contributed by atoms with Crippen LogP contribution >= 0.6 is 12.4 Å². The summed E-state index contributed by atoms with van der Waals surface area (Å²) in [5.41, 5.74) is 2.16. The van der Waals surface area contributed by atoms with Crippen LogP contribution in [0.1, 0.15) is 54.2 Å². The maximum absolute atomic E-state index is 12.6. The molecule has 2 saturated heterocycles. The van der Waals surface area contributed by atoms with E-state index < -0.39 is 0 Å². The molecule has 2 amide bonds. The summed E-state index contributed by atoms with van der Waals surface area (Å²) in [5.74, 6) is -0.00264. The average molecular weight is 418 g/mol. The number of piperidine rings is 2. The molecular formula is C21H28ClN5O2. The van der Waals surface area contributed by atoms with E-state index in [-0.39, 0.29) is 24.2 Å². The van der Waals surface area contributed by atoms with Crippen LogP contribution in [-0.4, -0.2) is 46.1 Å². The smallest absolute Gasteiger partial charge is 0.276 e. The lowest BCUT2D eigenvalue weighted by Crippen LogP contribution is -2.34. The summed E-state index contributed by atoms with van der Waals surface area (Å²) in [4.78, 5) is 26.5. The first kappa shape index (κ1) is 21.3. The molecule has 0 bridgehead atoms. The monoisotopic (exact) mass is 417 g/mol. The number of carbonyl (C=O) groups excluding carboxylic acids is 2. The number of nitrogens with zero attached hydrogens (tertiary/aromatic N) is 3. The Balaban J connectivity index is 0.00000240. The van der Waals surface area contributed by atoms with Crippen LogP contribution in [0.25, 0.3) is 0 Å². The Hall–Kier alpha value is -2.38. The minimum absolute atomic E-state index is 0. The van der Waals surface area contributed by atoms with Gasteiger partial charge in [0.25, 0.3) is 5.91 Å². The fraction of sp³-hybridized carbons (Fsp3) is 0.476. The predicted octanol–water partition coefficient (Wildman–Crippen LogP) is 2.99. The van der Waals surface area contributed by atoms with Crippen molar-refractivity contribution < 1.29 is 9.59 Å². The van der Waals surface area contributed by atoms with Gasteiger partial charge in [0, 0.05) is 37.9 Å². The lowest BCUT2D eigenvalue weighted by Gasteiger charge is -2.26. The summed E-state index contributed by atoms with van der Waals surface area (Å²) in [5, 5.41) is 10.8. The maximum Gasteiger partial charge on any atom is 0.276 e. The van der Waals surface area contributed by atoms with E-state index in [4.69, 9.17) is 0 Å². The molecule has 4 rings (SSSR count). The van der Waals surface area contributed by atoms with Crippen LogP contribution in [0.4, 0.5) is 5.69 Å². The Bertz CT molecular complexity index is 847. The molecule has 1 unspecified atom stereocenters. The molecule has 2 aliphatic heterocycles. The molecule has 1 atom stereocenters. The van der Waals surface area contributed by atoms with Gasteiger partial charge < -0.3 is 15.5 Å². The van der Waals surface area contributed by atoms with Crippen molar-refractivity contribution in [1.82, 2.24) is 20.0 Å². The first-order chi connectivity index (χ1) is 13.7. The third-order valence-electron chi connectivity index (χ3n) is 5.47. The number of amides is 2. The highest BCUT2D eigenvalue weighted by atomic mass is 35.5. The van der Waals surface area contributed by atoms with E-state index in [1.165, 1.54) is 0 Å². The number of benzene rings is 1. The molecule has 7 nitrogen and oxygen atoms in total. The van der Waals surface area contributed by atoms with E-state index in [1.54, 1.807) is 6.07 Å². The number of halogens is 1. The number of nitrogens with one attached hydrogen (secondary N) is 2. The first-order valence-electron chi connectivity index (χ1n) is 10.1. The van der Waals surface area contributed by atoms with E-state index in [0.29, 0.717) is 24.7 Å². The number of anilines is 1. The minimum atomic E-state index is -0.214. The number of hydrogen-bond donors (Lipinski definition) is 2. The van der Waals surface area contributed by atoms with Crippen LogP contribution in [0.5, 0.6) is 0 Å². The second-order valence-corrected chi connectivity index (χ2v) is 7.61. The van der Waals surface area contributed by atoms with Gasteiger partial charge in [0.15, 0.2) is 5.69 Å². The zero-order chi connectivity index (χ0) is 19.3. The van der Waals surface area contributed by atoms with Gasteiger partial charge >= 0.3 is 0 Å². The highest BCUT2D eigenvalue weighted by molar-refractivity contribution is 6.02. The molecule has 29 heavy (non-hydrogen) atoms. The highest BCUT2D eigenvalue weighted by Gasteiger charge is 2.19. The minimum Gasteiger partial charge on any atom is -0.338 e. The molecule has 0 aliphatic carbocycles. The maximum atomic E-state index is 12.6. The molecule has 8 heteroatoms. The van der Waals surface area contributed by atoms with Crippen LogP contribution in [0, 0.1) is 0 Å². The van der Waals surface area contributed by atoms with Crippen molar-refractivity contribution in [2.45, 2.75) is 44.7 Å². The molecule has 0 saturated carbocycles. The van der Waals surface area contributed by atoms with Crippen molar-refractivity contribution in [2.24, 2.45) is 0 Å². The summed E-state index contributed by atoms with van der Waals surface area (Å²) in [6.45, 7) is 3.33. The van der Waals surface area contributed by atoms with E-state index >= 15 is 0 Å². The largest absolute Gasteiger partial charge is 0.338 e. The zero-order valence-electron chi connectivity index (χ0n) is 16.5. The Kier molecular flexibility index (Phi) is 7.28. The van der Waals surface area contributed by atoms with Crippen LogP contribution in [-0.2, 0) is 11.3 Å². The van der Waals surface area contributed by atoms with Crippen LogP contribution < -0.4 is 10.6 Å². The molecule has 1 aromatic heterocycles. The van der Waals surface area contributed by atoms with Crippen molar-refractivity contribution in [1.29, 1.82) is 0 Å². The second-order valence-electron chi connectivity index (χ2n) is 7.61. The van der Waals surface area contributed by atoms with Gasteiger partial charge in [-0.25, -0.2) is 0 Å². The van der Waals surface area contributed by atoms with Gasteiger partial charge in [-0.3, -0.25) is 14.3 Å². The van der Waals surface area contributed by atoms with E-state index in [2.05, 4.69) is 15.7 Å². The fourth-order valence-electron chi connectivity index (χ4n) is 3.91. The topological polar surface area (TPSA) is 79.3 Å². The standard InChI is InChI=1S/C21H27N5O2.ClH/c27-20-8-1-2-11-25(20)15-16-5-3-6-17(13-16)23-21(28)19-9-12-26(24-19)18-7-4-10-22-14-18;/h3,5-6,9,12-13,18,22H,1-2,4,7-8,10-11,14-15H2,(H,23,28);1H. The van der Waals surface area contributed by atoms with E-state index in [1.807, 2.05) is 40.0 Å². The Morgan fingerprint density at radius 3 is 2.93 bits per heavy atom. The number of likely N-dealkylation sites (tertiary alicyclic amines) is 1. The summed E-state index contributed by atoms with van der Waals surface area (Å²) in [7, 11) is 0. The van der Waals surface area contributed by atoms with Gasteiger partial charge in [0.2, 0.25) is 5.91 Å². The second kappa shape index (κ2) is 9.89. The molecule has 3 heterocycles. The summed E-state index contributed by atoms with van der Waals surface area (Å²) in [6, 6.07) is 9.76.